The van der Waals surface area contributed by atoms with Crippen molar-refractivity contribution in [2.45, 2.75) is 25.0 Å². The molecule has 2 atom stereocenters. The molecular weight excluding hydrogens is 270 g/mol. The van der Waals surface area contributed by atoms with Gasteiger partial charge in [-0.05, 0) is 30.5 Å². The average Bonchev–Trinajstić information content (AvgIpc) is 2.90. The summed E-state index contributed by atoms with van der Waals surface area (Å²) in [4.78, 5) is 23.1. The summed E-state index contributed by atoms with van der Waals surface area (Å²) in [5.41, 5.74) is 0.475. The van der Waals surface area contributed by atoms with E-state index in [1.54, 1.807) is 24.3 Å². The molecule has 2 N–H and O–H groups in total. The van der Waals surface area contributed by atoms with Gasteiger partial charge in [0.1, 0.15) is 6.10 Å². The molecule has 1 aromatic rings. The zero-order chi connectivity index (χ0) is 13.8. The van der Waals surface area contributed by atoms with E-state index in [0.29, 0.717) is 23.6 Å². The smallest absolute Gasteiger partial charge is 0.330 e. The Balaban J connectivity index is 2.09. The van der Waals surface area contributed by atoms with Crippen molar-refractivity contribution < 1.29 is 19.4 Å². The first-order chi connectivity index (χ1) is 9.08. The summed E-state index contributed by atoms with van der Waals surface area (Å²) in [6, 6.07) is 5.25. The molecule has 1 amide bonds. The minimum absolute atomic E-state index is 0.389. The van der Waals surface area contributed by atoms with Crippen LogP contribution >= 0.6 is 11.6 Å². The van der Waals surface area contributed by atoms with Gasteiger partial charge >= 0.3 is 5.97 Å². The van der Waals surface area contributed by atoms with Crippen molar-refractivity contribution in [3.63, 3.8) is 0 Å². The molecule has 1 heterocycles. The zero-order valence-electron chi connectivity index (χ0n) is 10.1. The SMILES string of the molecule is O=C(O)C(NC(=O)[C@@H]1CCCO1)c1ccc(Cl)cc1. The molecule has 6 heteroatoms. The lowest BCUT2D eigenvalue weighted by Crippen LogP contribution is -2.40. The summed E-state index contributed by atoms with van der Waals surface area (Å²) in [7, 11) is 0. The van der Waals surface area contributed by atoms with E-state index in [1.807, 2.05) is 0 Å². The van der Waals surface area contributed by atoms with Crippen LogP contribution in [0, 0.1) is 0 Å². The summed E-state index contributed by atoms with van der Waals surface area (Å²) < 4.78 is 5.22. The maximum atomic E-state index is 11.9. The second-order valence-electron chi connectivity index (χ2n) is 4.33. The van der Waals surface area contributed by atoms with Gasteiger partial charge in [0.05, 0.1) is 0 Å². The summed E-state index contributed by atoms with van der Waals surface area (Å²) in [5.74, 6) is -1.51. The van der Waals surface area contributed by atoms with Crippen LogP contribution in [0.25, 0.3) is 0 Å². The maximum Gasteiger partial charge on any atom is 0.330 e. The molecule has 0 radical (unpaired) electrons. The van der Waals surface area contributed by atoms with Crippen LogP contribution in [0.2, 0.25) is 5.02 Å². The molecule has 5 nitrogen and oxygen atoms in total. The van der Waals surface area contributed by atoms with E-state index < -0.39 is 18.1 Å². The summed E-state index contributed by atoms with van der Waals surface area (Å²) in [5, 5.41) is 12.2. The first-order valence-corrected chi connectivity index (χ1v) is 6.36. The summed E-state index contributed by atoms with van der Waals surface area (Å²) in [6.45, 7) is 0.538. The fourth-order valence-electron chi connectivity index (χ4n) is 1.96. The maximum absolute atomic E-state index is 11.9. The number of hydrogen-bond acceptors (Lipinski definition) is 3. The van der Waals surface area contributed by atoms with Gasteiger partial charge in [-0.2, -0.15) is 0 Å². The zero-order valence-corrected chi connectivity index (χ0v) is 10.9. The van der Waals surface area contributed by atoms with Crippen molar-refractivity contribution in [1.29, 1.82) is 0 Å². The van der Waals surface area contributed by atoms with Crippen LogP contribution in [0.15, 0.2) is 24.3 Å². The van der Waals surface area contributed by atoms with E-state index >= 15 is 0 Å². The number of nitrogens with one attached hydrogen (secondary N) is 1. The third-order valence-corrected chi connectivity index (χ3v) is 3.21. The van der Waals surface area contributed by atoms with Gasteiger partial charge in [0.25, 0.3) is 0 Å². The van der Waals surface area contributed by atoms with Gasteiger partial charge in [0, 0.05) is 11.6 Å². The number of carboxylic acid groups (broad SMARTS) is 1. The fraction of sp³-hybridized carbons (Fsp3) is 0.385. The molecule has 0 aromatic heterocycles. The number of halogens is 1. The number of benzene rings is 1. The van der Waals surface area contributed by atoms with E-state index in [9.17, 15) is 14.7 Å². The van der Waals surface area contributed by atoms with Gasteiger partial charge in [0.15, 0.2) is 6.04 Å². The number of rotatable bonds is 4. The third kappa shape index (κ3) is 3.45. The second kappa shape index (κ2) is 6.04. The number of ether oxygens (including phenoxy) is 1. The summed E-state index contributed by atoms with van der Waals surface area (Å²) >= 11 is 5.75. The molecule has 0 aliphatic carbocycles. The van der Waals surface area contributed by atoms with Crippen LogP contribution in [0.1, 0.15) is 24.4 Å². The molecule has 1 unspecified atom stereocenters. The Morgan fingerprint density at radius 3 is 2.58 bits per heavy atom. The quantitative estimate of drug-likeness (QED) is 0.883. The van der Waals surface area contributed by atoms with Crippen LogP contribution in [0.4, 0.5) is 0 Å². The number of carboxylic acids is 1. The topological polar surface area (TPSA) is 75.6 Å². The molecule has 0 saturated carbocycles. The molecular formula is C13H14ClNO4. The van der Waals surface area contributed by atoms with Crippen molar-refractivity contribution in [1.82, 2.24) is 5.32 Å². The molecule has 0 spiro atoms. The highest BCUT2D eigenvalue weighted by atomic mass is 35.5. The number of aliphatic carboxylic acids is 1. The number of hydrogen-bond donors (Lipinski definition) is 2. The monoisotopic (exact) mass is 283 g/mol. The van der Waals surface area contributed by atoms with Crippen molar-refractivity contribution in [2.24, 2.45) is 0 Å². The minimum atomic E-state index is -1.12. The van der Waals surface area contributed by atoms with Crippen LogP contribution < -0.4 is 5.32 Å². The standard InChI is InChI=1S/C13H14ClNO4/c14-9-5-3-8(4-6-9)11(13(17)18)15-12(16)10-2-1-7-19-10/h3-6,10-11H,1-2,7H2,(H,15,16)(H,17,18)/t10-,11?/m0/s1. The van der Waals surface area contributed by atoms with Crippen molar-refractivity contribution in [3.05, 3.63) is 34.9 Å². The predicted octanol–water partition coefficient (Wildman–Crippen LogP) is 1.76. The molecule has 2 rings (SSSR count). The molecule has 1 aliphatic heterocycles. The Morgan fingerprint density at radius 1 is 1.37 bits per heavy atom. The van der Waals surface area contributed by atoms with Crippen LogP contribution in [0.5, 0.6) is 0 Å². The van der Waals surface area contributed by atoms with Gasteiger partial charge in [-0.1, -0.05) is 23.7 Å². The summed E-state index contributed by atoms with van der Waals surface area (Å²) in [6.07, 6.45) is 0.893. The van der Waals surface area contributed by atoms with Crippen LogP contribution in [-0.4, -0.2) is 29.7 Å². The van der Waals surface area contributed by atoms with Gasteiger partial charge < -0.3 is 15.2 Å². The Bertz CT molecular complexity index is 468. The van der Waals surface area contributed by atoms with E-state index in [2.05, 4.69) is 5.32 Å². The van der Waals surface area contributed by atoms with Gasteiger partial charge in [0.2, 0.25) is 5.91 Å². The van der Waals surface area contributed by atoms with Crippen LogP contribution in [-0.2, 0) is 14.3 Å². The third-order valence-electron chi connectivity index (χ3n) is 2.96. The number of carbonyl (C=O) groups excluding carboxylic acids is 1. The second-order valence-corrected chi connectivity index (χ2v) is 4.77. The van der Waals surface area contributed by atoms with E-state index in [4.69, 9.17) is 16.3 Å². The highest BCUT2D eigenvalue weighted by molar-refractivity contribution is 6.30. The average molecular weight is 284 g/mol. The molecule has 1 fully saturated rings. The molecule has 0 bridgehead atoms. The highest BCUT2D eigenvalue weighted by Crippen LogP contribution is 2.19. The molecule has 102 valence electrons. The molecule has 1 aromatic carbocycles. The Hall–Kier alpha value is -1.59. The normalized spacial score (nSPS) is 19.9. The van der Waals surface area contributed by atoms with E-state index in [-0.39, 0.29) is 5.91 Å². The first-order valence-electron chi connectivity index (χ1n) is 5.98. The lowest BCUT2D eigenvalue weighted by molar-refractivity contribution is -0.143. The lowest BCUT2D eigenvalue weighted by Gasteiger charge is -2.17. The van der Waals surface area contributed by atoms with Gasteiger partial charge in [-0.3, -0.25) is 4.79 Å². The van der Waals surface area contributed by atoms with Gasteiger partial charge in [-0.15, -0.1) is 0 Å². The van der Waals surface area contributed by atoms with E-state index in [1.165, 1.54) is 0 Å². The molecule has 1 aliphatic rings. The fourth-order valence-corrected chi connectivity index (χ4v) is 2.09. The largest absolute Gasteiger partial charge is 0.479 e. The van der Waals surface area contributed by atoms with Crippen molar-refractivity contribution in [2.75, 3.05) is 6.61 Å². The number of amides is 1. The Labute approximate surface area is 115 Å². The Morgan fingerprint density at radius 2 is 2.05 bits per heavy atom. The molecule has 1 saturated heterocycles. The minimum Gasteiger partial charge on any atom is -0.479 e. The van der Waals surface area contributed by atoms with Gasteiger partial charge in [-0.25, -0.2) is 4.79 Å². The predicted molar refractivity (Wildman–Crippen MR) is 68.9 cm³/mol. The van der Waals surface area contributed by atoms with Crippen LogP contribution in [0.3, 0.4) is 0 Å². The lowest BCUT2D eigenvalue weighted by atomic mass is 10.1. The first kappa shape index (κ1) is 13.8. The van der Waals surface area contributed by atoms with Crippen molar-refractivity contribution in [3.8, 4) is 0 Å². The number of carbonyl (C=O) groups is 2. The highest BCUT2D eigenvalue weighted by Gasteiger charge is 2.29. The van der Waals surface area contributed by atoms with E-state index in [0.717, 1.165) is 6.42 Å². The Kier molecular flexibility index (Phi) is 4.39. The molecule has 19 heavy (non-hydrogen) atoms. The van der Waals surface area contributed by atoms with Crippen molar-refractivity contribution >= 4 is 23.5 Å².